The second kappa shape index (κ2) is 5.53. The molecule has 1 aliphatic rings. The molecule has 1 saturated carbocycles. The van der Waals surface area contributed by atoms with Crippen LogP contribution in [0.5, 0.6) is 0 Å². The lowest BCUT2D eigenvalue weighted by Gasteiger charge is -2.30. The molecule has 0 saturated heterocycles. The number of benzene rings is 1. The molecule has 0 aliphatic heterocycles. The summed E-state index contributed by atoms with van der Waals surface area (Å²) in [6.45, 7) is 4.78. The summed E-state index contributed by atoms with van der Waals surface area (Å²) in [4.78, 5) is 14.3. The summed E-state index contributed by atoms with van der Waals surface area (Å²) in [5.41, 5.74) is 7.19. The molecule has 1 aromatic rings. The van der Waals surface area contributed by atoms with Crippen molar-refractivity contribution in [2.45, 2.75) is 38.8 Å². The van der Waals surface area contributed by atoms with Gasteiger partial charge in [0.2, 0.25) is 5.91 Å². The number of carbonyl (C=O) groups excluding carboxylic acids is 1. The zero-order valence-corrected chi connectivity index (χ0v) is 11.2. The Labute approximate surface area is 109 Å². The van der Waals surface area contributed by atoms with Crippen molar-refractivity contribution in [2.24, 2.45) is 11.7 Å². The average Bonchev–Trinajstić information content (AvgIpc) is 3.23. The molecule has 1 fully saturated rings. The lowest BCUT2D eigenvalue weighted by molar-refractivity contribution is -0.135. The molecule has 1 amide bonds. The minimum absolute atomic E-state index is 0.0912. The number of nitrogens with two attached hydrogens (primary N) is 1. The van der Waals surface area contributed by atoms with Crippen molar-refractivity contribution in [1.29, 1.82) is 0 Å². The molecule has 98 valence electrons. The summed E-state index contributed by atoms with van der Waals surface area (Å²) < 4.78 is 0. The van der Waals surface area contributed by atoms with Crippen LogP contribution in [0.2, 0.25) is 0 Å². The molecule has 0 spiro atoms. The molecule has 2 rings (SSSR count). The fourth-order valence-electron chi connectivity index (χ4n) is 2.38. The molecule has 0 heterocycles. The molecular weight excluding hydrogens is 224 g/mol. The van der Waals surface area contributed by atoms with Crippen LogP contribution in [0, 0.1) is 5.92 Å². The fraction of sp³-hybridized carbons (Fsp3) is 0.533. The quantitative estimate of drug-likeness (QED) is 0.866. The van der Waals surface area contributed by atoms with Gasteiger partial charge in [-0.25, -0.2) is 0 Å². The van der Waals surface area contributed by atoms with E-state index < -0.39 is 0 Å². The molecule has 2 N–H and O–H groups in total. The second-order valence-electron chi connectivity index (χ2n) is 5.07. The summed E-state index contributed by atoms with van der Waals surface area (Å²) in [6, 6.07) is 9.90. The van der Waals surface area contributed by atoms with Gasteiger partial charge in [0.05, 0.1) is 12.1 Å². The first-order valence-corrected chi connectivity index (χ1v) is 6.76. The Kier molecular flexibility index (Phi) is 4.02. The third-order valence-corrected chi connectivity index (χ3v) is 3.79. The van der Waals surface area contributed by atoms with E-state index in [4.69, 9.17) is 5.73 Å². The van der Waals surface area contributed by atoms with Crippen molar-refractivity contribution < 1.29 is 4.79 Å². The van der Waals surface area contributed by atoms with Gasteiger partial charge in [-0.05, 0) is 38.2 Å². The number of carbonyl (C=O) groups is 1. The monoisotopic (exact) mass is 246 g/mol. The Morgan fingerprint density at radius 1 is 1.39 bits per heavy atom. The van der Waals surface area contributed by atoms with Gasteiger partial charge in [0, 0.05) is 6.54 Å². The summed E-state index contributed by atoms with van der Waals surface area (Å²) in [5, 5.41) is 0. The molecule has 0 radical (unpaired) electrons. The summed E-state index contributed by atoms with van der Waals surface area (Å²) in [7, 11) is 0. The fourth-order valence-corrected chi connectivity index (χ4v) is 2.38. The highest BCUT2D eigenvalue weighted by Gasteiger charge is 2.36. The van der Waals surface area contributed by atoms with Crippen molar-refractivity contribution in [1.82, 2.24) is 4.90 Å². The zero-order valence-electron chi connectivity index (χ0n) is 11.2. The van der Waals surface area contributed by atoms with Crippen LogP contribution in [0.4, 0.5) is 0 Å². The highest BCUT2D eigenvalue weighted by Crippen LogP contribution is 2.33. The van der Waals surface area contributed by atoms with Gasteiger partial charge < -0.3 is 10.6 Å². The predicted molar refractivity (Wildman–Crippen MR) is 72.9 cm³/mol. The lowest BCUT2D eigenvalue weighted by atomic mass is 10.0. The molecule has 3 nitrogen and oxygen atoms in total. The van der Waals surface area contributed by atoms with Crippen LogP contribution >= 0.6 is 0 Å². The van der Waals surface area contributed by atoms with Gasteiger partial charge in [0.25, 0.3) is 0 Å². The van der Waals surface area contributed by atoms with E-state index in [0.29, 0.717) is 12.5 Å². The third kappa shape index (κ3) is 2.72. The van der Waals surface area contributed by atoms with Gasteiger partial charge in [-0.1, -0.05) is 30.3 Å². The standard InChI is InChI=1S/C15H22N2O/c1-3-17(15(18)14(16)13-9-10-13)11(2)12-7-5-4-6-8-12/h4-8,11,13-14H,3,9-10,16H2,1-2H3. The van der Waals surface area contributed by atoms with Crippen LogP contribution in [0.1, 0.15) is 38.3 Å². The first-order valence-electron chi connectivity index (χ1n) is 6.76. The van der Waals surface area contributed by atoms with E-state index in [1.54, 1.807) is 0 Å². The molecule has 1 aromatic carbocycles. The SMILES string of the molecule is CCN(C(=O)C(N)C1CC1)C(C)c1ccccc1. The second-order valence-corrected chi connectivity index (χ2v) is 5.07. The maximum atomic E-state index is 12.4. The lowest BCUT2D eigenvalue weighted by Crippen LogP contribution is -2.45. The van der Waals surface area contributed by atoms with Crippen LogP contribution in [-0.4, -0.2) is 23.4 Å². The minimum Gasteiger partial charge on any atom is -0.335 e. The molecule has 0 bridgehead atoms. The summed E-state index contributed by atoms with van der Waals surface area (Å²) >= 11 is 0. The van der Waals surface area contributed by atoms with Crippen molar-refractivity contribution in [3.8, 4) is 0 Å². The van der Waals surface area contributed by atoms with Crippen LogP contribution in [0.3, 0.4) is 0 Å². The summed E-state index contributed by atoms with van der Waals surface area (Å²) in [6.07, 6.45) is 2.20. The van der Waals surface area contributed by atoms with Crippen molar-refractivity contribution in [3.05, 3.63) is 35.9 Å². The van der Waals surface area contributed by atoms with Gasteiger partial charge >= 0.3 is 0 Å². The number of hydrogen-bond donors (Lipinski definition) is 1. The van der Waals surface area contributed by atoms with Gasteiger partial charge in [-0.3, -0.25) is 4.79 Å². The topological polar surface area (TPSA) is 46.3 Å². The van der Waals surface area contributed by atoms with Gasteiger partial charge in [0.1, 0.15) is 0 Å². The van der Waals surface area contributed by atoms with Gasteiger partial charge in [0.15, 0.2) is 0 Å². The Bertz CT molecular complexity index is 400. The molecule has 1 aliphatic carbocycles. The molecule has 18 heavy (non-hydrogen) atoms. The van der Waals surface area contributed by atoms with Crippen LogP contribution < -0.4 is 5.73 Å². The molecule has 0 aromatic heterocycles. The Morgan fingerprint density at radius 2 is 2.00 bits per heavy atom. The van der Waals surface area contributed by atoms with E-state index in [-0.39, 0.29) is 18.0 Å². The van der Waals surface area contributed by atoms with Crippen LogP contribution in [0.25, 0.3) is 0 Å². The van der Waals surface area contributed by atoms with E-state index >= 15 is 0 Å². The highest BCUT2D eigenvalue weighted by molar-refractivity contribution is 5.82. The highest BCUT2D eigenvalue weighted by atomic mass is 16.2. The van der Waals surface area contributed by atoms with Crippen LogP contribution in [-0.2, 0) is 4.79 Å². The predicted octanol–water partition coefficient (Wildman–Crippen LogP) is 2.33. The zero-order chi connectivity index (χ0) is 13.1. The van der Waals surface area contributed by atoms with Crippen molar-refractivity contribution >= 4 is 5.91 Å². The first-order chi connectivity index (χ1) is 8.65. The smallest absolute Gasteiger partial charge is 0.240 e. The maximum Gasteiger partial charge on any atom is 0.240 e. The van der Waals surface area contributed by atoms with E-state index in [1.807, 2.05) is 30.0 Å². The maximum absolute atomic E-state index is 12.4. The number of rotatable bonds is 5. The van der Waals surface area contributed by atoms with Gasteiger partial charge in [-0.2, -0.15) is 0 Å². The summed E-state index contributed by atoms with van der Waals surface area (Å²) in [5.74, 6) is 0.505. The number of likely N-dealkylation sites (N-methyl/N-ethyl adjacent to an activating group) is 1. The van der Waals surface area contributed by atoms with Crippen molar-refractivity contribution in [3.63, 3.8) is 0 Å². The van der Waals surface area contributed by atoms with E-state index in [2.05, 4.69) is 19.1 Å². The van der Waals surface area contributed by atoms with Gasteiger partial charge in [-0.15, -0.1) is 0 Å². The Balaban J connectivity index is 2.10. The van der Waals surface area contributed by atoms with Crippen LogP contribution in [0.15, 0.2) is 30.3 Å². The van der Waals surface area contributed by atoms with E-state index in [0.717, 1.165) is 18.4 Å². The number of nitrogens with zero attached hydrogens (tertiary/aromatic N) is 1. The normalized spacial score (nSPS) is 18.2. The Hall–Kier alpha value is -1.35. The van der Waals surface area contributed by atoms with Crippen molar-refractivity contribution in [2.75, 3.05) is 6.54 Å². The average molecular weight is 246 g/mol. The molecule has 2 unspecified atom stereocenters. The molecule has 2 atom stereocenters. The minimum atomic E-state index is -0.309. The first kappa shape index (κ1) is 13.1. The number of amides is 1. The van der Waals surface area contributed by atoms with E-state index in [1.165, 1.54) is 0 Å². The largest absolute Gasteiger partial charge is 0.335 e. The third-order valence-electron chi connectivity index (χ3n) is 3.79. The molecule has 3 heteroatoms. The molecular formula is C15H22N2O. The Morgan fingerprint density at radius 3 is 2.50 bits per heavy atom. The number of hydrogen-bond acceptors (Lipinski definition) is 2. The van der Waals surface area contributed by atoms with E-state index in [9.17, 15) is 4.79 Å².